The van der Waals surface area contributed by atoms with Gasteiger partial charge in [-0.15, -0.1) is 0 Å². The topological polar surface area (TPSA) is 79.9 Å². The Morgan fingerprint density at radius 3 is 2.50 bits per heavy atom. The molecule has 0 fully saturated rings. The zero-order valence-corrected chi connectivity index (χ0v) is 20.1. The minimum absolute atomic E-state index is 0.449. The number of rotatable bonds is 8. The van der Waals surface area contributed by atoms with Gasteiger partial charge >= 0.3 is 0 Å². The lowest BCUT2D eigenvalue weighted by atomic mass is 10.0. The maximum atomic E-state index is 9.13. The molecular formula is C26H25ClN6O. The van der Waals surface area contributed by atoms with E-state index in [-0.39, 0.29) is 0 Å². The van der Waals surface area contributed by atoms with Gasteiger partial charge < -0.3 is 9.64 Å². The fourth-order valence-electron chi connectivity index (χ4n) is 3.78. The van der Waals surface area contributed by atoms with Crippen molar-refractivity contribution in [1.82, 2.24) is 19.7 Å². The van der Waals surface area contributed by atoms with Crippen molar-refractivity contribution >= 4 is 17.5 Å². The molecule has 0 saturated heterocycles. The fourth-order valence-corrected chi connectivity index (χ4v) is 4.01. The average Bonchev–Trinajstić information content (AvgIpc) is 3.13. The minimum Gasteiger partial charge on any atom is -0.492 e. The van der Waals surface area contributed by atoms with E-state index in [9.17, 15) is 0 Å². The molecule has 7 nitrogen and oxygen atoms in total. The molecule has 34 heavy (non-hydrogen) atoms. The molecule has 172 valence electrons. The van der Waals surface area contributed by atoms with Crippen molar-refractivity contribution < 1.29 is 4.74 Å². The predicted molar refractivity (Wildman–Crippen MR) is 133 cm³/mol. The number of ether oxygens (including phenoxy) is 1. The third kappa shape index (κ3) is 5.19. The molecule has 0 bridgehead atoms. The Kier molecular flexibility index (Phi) is 7.09. The number of halogens is 1. The van der Waals surface area contributed by atoms with E-state index in [1.165, 1.54) is 0 Å². The summed E-state index contributed by atoms with van der Waals surface area (Å²) in [5.74, 6) is 1.49. The lowest BCUT2D eigenvalue weighted by Crippen LogP contribution is -2.25. The molecule has 0 aliphatic carbocycles. The number of aromatic nitrogens is 4. The quantitative estimate of drug-likeness (QED) is 0.357. The first-order chi connectivity index (χ1) is 16.5. The lowest BCUT2D eigenvalue weighted by molar-refractivity contribution is 0.325. The molecular weight excluding hydrogens is 448 g/mol. The van der Waals surface area contributed by atoms with Crippen molar-refractivity contribution in [1.29, 1.82) is 5.26 Å². The third-order valence-corrected chi connectivity index (χ3v) is 5.92. The van der Waals surface area contributed by atoms with E-state index in [2.05, 4.69) is 16.0 Å². The van der Waals surface area contributed by atoms with E-state index < -0.39 is 0 Å². The van der Waals surface area contributed by atoms with E-state index >= 15 is 0 Å². The predicted octanol–water partition coefficient (Wildman–Crippen LogP) is 5.05. The van der Waals surface area contributed by atoms with Gasteiger partial charge in [0, 0.05) is 30.7 Å². The molecule has 0 aliphatic heterocycles. The van der Waals surface area contributed by atoms with Gasteiger partial charge in [-0.1, -0.05) is 29.8 Å². The monoisotopic (exact) mass is 472 g/mol. The largest absolute Gasteiger partial charge is 0.492 e. The fraction of sp³-hybridized carbons (Fsp3) is 0.231. The molecule has 0 aliphatic rings. The number of hydrogen-bond acceptors (Lipinski definition) is 6. The average molecular weight is 473 g/mol. The first-order valence-electron chi connectivity index (χ1n) is 10.9. The zero-order chi connectivity index (χ0) is 24.1. The lowest BCUT2D eigenvalue weighted by Gasteiger charge is -2.16. The van der Waals surface area contributed by atoms with Gasteiger partial charge in [0.15, 0.2) is 0 Å². The molecule has 2 heterocycles. The van der Waals surface area contributed by atoms with Crippen molar-refractivity contribution in [2.75, 3.05) is 25.1 Å². The second-order valence-corrected chi connectivity index (χ2v) is 8.38. The molecule has 0 amide bonds. The van der Waals surface area contributed by atoms with Gasteiger partial charge in [0.05, 0.1) is 29.4 Å². The highest BCUT2D eigenvalue weighted by atomic mass is 35.5. The Balaban J connectivity index is 1.39. The van der Waals surface area contributed by atoms with E-state index in [0.29, 0.717) is 36.2 Å². The van der Waals surface area contributed by atoms with E-state index in [1.807, 2.05) is 66.9 Å². The molecule has 0 radical (unpaired) electrons. The van der Waals surface area contributed by atoms with Crippen molar-refractivity contribution in [3.05, 3.63) is 88.5 Å². The van der Waals surface area contributed by atoms with Crippen molar-refractivity contribution in [3.8, 4) is 22.9 Å². The first kappa shape index (κ1) is 23.3. The maximum Gasteiger partial charge on any atom is 0.225 e. The van der Waals surface area contributed by atoms with Gasteiger partial charge in [0.2, 0.25) is 5.95 Å². The number of nitrogens with zero attached hydrogens (tertiary/aromatic N) is 6. The highest BCUT2D eigenvalue weighted by molar-refractivity contribution is 6.32. The van der Waals surface area contributed by atoms with E-state index in [1.54, 1.807) is 24.5 Å². The highest BCUT2D eigenvalue weighted by Crippen LogP contribution is 2.30. The van der Waals surface area contributed by atoms with Gasteiger partial charge in [-0.2, -0.15) is 10.4 Å². The third-order valence-electron chi connectivity index (χ3n) is 5.60. The summed E-state index contributed by atoms with van der Waals surface area (Å²) in [7, 11) is 1.94. The van der Waals surface area contributed by atoms with Crippen LogP contribution in [0, 0.1) is 25.2 Å². The summed E-state index contributed by atoms with van der Waals surface area (Å²) in [6, 6.07) is 17.4. The number of hydrogen-bond donors (Lipinski definition) is 0. The van der Waals surface area contributed by atoms with E-state index in [0.717, 1.165) is 33.8 Å². The van der Waals surface area contributed by atoms with Crippen LogP contribution in [0.15, 0.2) is 60.9 Å². The van der Waals surface area contributed by atoms with Crippen LogP contribution >= 0.6 is 11.6 Å². The van der Waals surface area contributed by atoms with Crippen LogP contribution in [-0.4, -0.2) is 39.9 Å². The summed E-state index contributed by atoms with van der Waals surface area (Å²) in [5, 5.41) is 14.3. The number of aryl methyl sites for hydroxylation is 1. The molecule has 4 rings (SSSR count). The Morgan fingerprint density at radius 1 is 1.09 bits per heavy atom. The van der Waals surface area contributed by atoms with Crippen LogP contribution < -0.4 is 9.64 Å². The van der Waals surface area contributed by atoms with Crippen LogP contribution in [-0.2, 0) is 6.54 Å². The van der Waals surface area contributed by atoms with Gasteiger partial charge in [0.1, 0.15) is 18.4 Å². The Labute approximate surface area is 204 Å². The van der Waals surface area contributed by atoms with Gasteiger partial charge in [-0.3, -0.25) is 4.68 Å². The zero-order valence-electron chi connectivity index (χ0n) is 19.4. The van der Waals surface area contributed by atoms with Crippen LogP contribution in [0.5, 0.6) is 5.75 Å². The number of anilines is 1. The van der Waals surface area contributed by atoms with Crippen LogP contribution in [0.4, 0.5) is 5.95 Å². The molecule has 2 aromatic heterocycles. The van der Waals surface area contributed by atoms with Crippen LogP contribution in [0.1, 0.15) is 22.5 Å². The van der Waals surface area contributed by atoms with Crippen molar-refractivity contribution in [2.24, 2.45) is 0 Å². The molecule has 0 N–H and O–H groups in total. The van der Waals surface area contributed by atoms with Crippen molar-refractivity contribution in [2.45, 2.75) is 20.4 Å². The molecule has 0 saturated carbocycles. The summed E-state index contributed by atoms with van der Waals surface area (Å²) in [5.41, 5.74) is 5.56. The second kappa shape index (κ2) is 10.4. The van der Waals surface area contributed by atoms with Crippen molar-refractivity contribution in [3.63, 3.8) is 0 Å². The van der Waals surface area contributed by atoms with Gasteiger partial charge in [-0.25, -0.2) is 9.97 Å². The van der Waals surface area contributed by atoms with E-state index in [4.69, 9.17) is 26.7 Å². The standard InChI is InChI=1S/C26H25ClN6O/c1-18-25(21-7-8-22(16-28)24(27)15-21)19(2)33(31-18)17-20-5-9-23(10-6-20)34-14-13-32(3)26-29-11-4-12-30-26/h4-12,15H,13-14,17H2,1-3H3. The Bertz CT molecular complexity index is 1310. The van der Waals surface area contributed by atoms with Gasteiger partial charge in [0.25, 0.3) is 0 Å². The van der Waals surface area contributed by atoms with Gasteiger partial charge in [-0.05, 0) is 55.3 Å². The normalized spacial score (nSPS) is 10.7. The maximum absolute atomic E-state index is 9.13. The molecule has 8 heteroatoms. The summed E-state index contributed by atoms with van der Waals surface area (Å²) < 4.78 is 7.87. The smallest absolute Gasteiger partial charge is 0.225 e. The van der Waals surface area contributed by atoms with Crippen LogP contribution in [0.25, 0.3) is 11.1 Å². The highest BCUT2D eigenvalue weighted by Gasteiger charge is 2.15. The SMILES string of the molecule is Cc1nn(Cc2ccc(OCCN(C)c3ncccn3)cc2)c(C)c1-c1ccc(C#N)c(Cl)c1. The van der Waals surface area contributed by atoms with Crippen LogP contribution in [0.3, 0.4) is 0 Å². The van der Waals surface area contributed by atoms with Crippen LogP contribution in [0.2, 0.25) is 5.02 Å². The summed E-state index contributed by atoms with van der Waals surface area (Å²) in [6.07, 6.45) is 3.45. The molecule has 4 aromatic rings. The number of nitriles is 1. The molecule has 0 spiro atoms. The second-order valence-electron chi connectivity index (χ2n) is 7.97. The molecule has 0 unspecified atom stereocenters. The summed E-state index contributed by atoms with van der Waals surface area (Å²) >= 11 is 6.25. The number of likely N-dealkylation sites (N-methyl/N-ethyl adjacent to an activating group) is 1. The summed E-state index contributed by atoms with van der Waals surface area (Å²) in [4.78, 5) is 10.4. The Morgan fingerprint density at radius 2 is 1.82 bits per heavy atom. The molecule has 2 aromatic carbocycles. The number of benzene rings is 2. The minimum atomic E-state index is 0.449. The summed E-state index contributed by atoms with van der Waals surface area (Å²) in [6.45, 7) is 5.89. The Hall–Kier alpha value is -3.89. The first-order valence-corrected chi connectivity index (χ1v) is 11.3. The molecule has 0 atom stereocenters.